The lowest BCUT2D eigenvalue weighted by Gasteiger charge is -2.41. The van der Waals surface area contributed by atoms with Gasteiger partial charge in [0.25, 0.3) is 5.91 Å². The van der Waals surface area contributed by atoms with Crippen LogP contribution in [0.2, 0.25) is 0 Å². The highest BCUT2D eigenvalue weighted by Crippen LogP contribution is 2.62. The van der Waals surface area contributed by atoms with E-state index in [1.807, 2.05) is 0 Å². The van der Waals surface area contributed by atoms with Crippen LogP contribution in [-0.4, -0.2) is 66.7 Å². The molecule has 0 aliphatic carbocycles. The van der Waals surface area contributed by atoms with Crippen LogP contribution >= 0.6 is 0 Å². The van der Waals surface area contributed by atoms with Gasteiger partial charge in [0.15, 0.2) is 0 Å². The molecule has 0 spiro atoms. The normalized spacial score (nSPS) is 14.2. The fraction of sp³-hybridized carbons (Fsp3) is 0.909. The van der Waals surface area contributed by atoms with E-state index in [1.54, 1.807) is 0 Å². The molecular formula is C22H28F15NO3. The molecule has 0 rings (SSSR count). The molecule has 0 radical (unpaired) electrons. The van der Waals surface area contributed by atoms with Gasteiger partial charge in [-0.2, -0.15) is 65.9 Å². The van der Waals surface area contributed by atoms with E-state index in [-0.39, 0.29) is 13.0 Å². The van der Waals surface area contributed by atoms with E-state index in [4.69, 9.17) is 0 Å². The van der Waals surface area contributed by atoms with Crippen LogP contribution in [0.1, 0.15) is 71.1 Å². The summed E-state index contributed by atoms with van der Waals surface area (Å²) in [6.45, 7) is -0.0503. The van der Waals surface area contributed by atoms with E-state index in [1.165, 1.54) is 0 Å². The molecule has 0 aliphatic rings. The van der Waals surface area contributed by atoms with Crippen molar-refractivity contribution in [1.29, 1.82) is 0 Å². The number of hydrogen-bond donors (Lipinski definition) is 1. The largest absolute Gasteiger partial charge is 0.464 e. The van der Waals surface area contributed by atoms with Crippen LogP contribution in [-0.2, 0) is 14.3 Å². The average Bonchev–Trinajstić information content (AvgIpc) is 2.84. The second-order valence-electron chi connectivity index (χ2n) is 9.03. The summed E-state index contributed by atoms with van der Waals surface area (Å²) >= 11 is 0. The summed E-state index contributed by atoms with van der Waals surface area (Å²) < 4.78 is 202. The Bertz CT molecular complexity index is 845. The van der Waals surface area contributed by atoms with Gasteiger partial charge in [-0.1, -0.05) is 64.7 Å². The summed E-state index contributed by atoms with van der Waals surface area (Å²) in [5.41, 5.74) is 0. The maximum Gasteiger partial charge on any atom is 0.460 e. The van der Waals surface area contributed by atoms with Gasteiger partial charge < -0.3 is 10.1 Å². The fourth-order valence-electron chi connectivity index (χ4n) is 3.20. The minimum Gasteiger partial charge on any atom is -0.464 e. The summed E-state index contributed by atoms with van der Waals surface area (Å²) in [6.07, 6.45) is 0.958. The summed E-state index contributed by atoms with van der Waals surface area (Å²) in [5.74, 6) is -53.8. The van der Waals surface area contributed by atoms with E-state index < -0.39 is 60.1 Å². The van der Waals surface area contributed by atoms with Crippen LogP contribution in [0.15, 0.2) is 0 Å². The van der Waals surface area contributed by atoms with Crippen molar-refractivity contribution in [2.24, 2.45) is 0 Å². The van der Waals surface area contributed by atoms with Gasteiger partial charge in [-0.25, -0.2) is 0 Å². The molecule has 0 heterocycles. The third-order valence-electron chi connectivity index (χ3n) is 5.77. The van der Waals surface area contributed by atoms with Gasteiger partial charge in [-0.3, -0.25) is 9.59 Å². The molecule has 0 bridgehead atoms. The molecule has 0 saturated carbocycles. The number of halogens is 15. The van der Waals surface area contributed by atoms with Gasteiger partial charge in [0.1, 0.15) is 6.54 Å². The Morgan fingerprint density at radius 1 is 0.537 bits per heavy atom. The van der Waals surface area contributed by atoms with Crippen molar-refractivity contribution in [3.8, 4) is 0 Å². The molecule has 1 N–H and O–H groups in total. The zero-order chi connectivity index (χ0) is 32.6. The standard InChI is InChI=1S/C22H28F15NO3/c1-2-3-4-5-6-7-8-9-10-11-12-41-14(39)13-38-15(40)16(23,24)17(25,26)18(27,28)19(29,30)20(31,32)21(33,34)22(35,36)37/h2-13H2,1H3,(H,38,40). The Morgan fingerprint density at radius 3 is 1.32 bits per heavy atom. The van der Waals surface area contributed by atoms with Crippen LogP contribution in [0.4, 0.5) is 65.9 Å². The second-order valence-corrected chi connectivity index (χ2v) is 9.03. The van der Waals surface area contributed by atoms with Gasteiger partial charge in [0.2, 0.25) is 0 Å². The SMILES string of the molecule is CCCCCCCCCCCCOC(=O)CNC(=O)C(F)(F)C(F)(F)C(F)(F)C(F)(F)C(F)(F)C(F)(F)C(F)(F)F. The monoisotopic (exact) mass is 639 g/mol. The Hall–Kier alpha value is -2.11. The first-order valence-corrected chi connectivity index (χ1v) is 12.1. The lowest BCUT2D eigenvalue weighted by molar-refractivity contribution is -0.449. The van der Waals surface area contributed by atoms with Gasteiger partial charge in [0, 0.05) is 0 Å². The zero-order valence-electron chi connectivity index (χ0n) is 21.4. The van der Waals surface area contributed by atoms with Crippen LogP contribution in [0, 0.1) is 0 Å². The molecule has 0 fully saturated rings. The van der Waals surface area contributed by atoms with E-state index in [0.29, 0.717) is 11.7 Å². The highest BCUT2D eigenvalue weighted by molar-refractivity contribution is 5.88. The third kappa shape index (κ3) is 8.47. The van der Waals surface area contributed by atoms with Crippen molar-refractivity contribution < 1.29 is 80.2 Å². The van der Waals surface area contributed by atoms with Gasteiger partial charge in [0.05, 0.1) is 6.61 Å². The molecule has 0 atom stereocenters. The Kier molecular flexibility index (Phi) is 13.6. The lowest BCUT2D eigenvalue weighted by Crippen LogP contribution is -2.74. The third-order valence-corrected chi connectivity index (χ3v) is 5.77. The van der Waals surface area contributed by atoms with E-state index in [0.717, 1.165) is 51.4 Å². The van der Waals surface area contributed by atoms with E-state index in [9.17, 15) is 75.4 Å². The Morgan fingerprint density at radius 2 is 0.902 bits per heavy atom. The van der Waals surface area contributed by atoms with Crippen LogP contribution in [0.25, 0.3) is 0 Å². The smallest absolute Gasteiger partial charge is 0.460 e. The van der Waals surface area contributed by atoms with Crippen LogP contribution in [0.3, 0.4) is 0 Å². The van der Waals surface area contributed by atoms with Crippen molar-refractivity contribution in [2.45, 2.75) is 113 Å². The van der Waals surface area contributed by atoms with Crippen LogP contribution in [0.5, 0.6) is 0 Å². The van der Waals surface area contributed by atoms with Crippen molar-refractivity contribution in [3.05, 3.63) is 0 Å². The average molecular weight is 639 g/mol. The predicted octanol–water partition coefficient (Wildman–Crippen LogP) is 7.94. The number of carbonyl (C=O) groups excluding carboxylic acids is 2. The number of rotatable bonds is 19. The number of esters is 1. The van der Waals surface area contributed by atoms with Crippen LogP contribution < -0.4 is 5.32 Å². The molecule has 244 valence electrons. The predicted molar refractivity (Wildman–Crippen MR) is 112 cm³/mol. The molecule has 0 aliphatic heterocycles. The molecule has 0 aromatic carbocycles. The van der Waals surface area contributed by atoms with Gasteiger partial charge >= 0.3 is 47.7 Å². The highest BCUT2D eigenvalue weighted by Gasteiger charge is 2.94. The quantitative estimate of drug-likeness (QED) is 0.0888. The number of hydrogen-bond acceptors (Lipinski definition) is 3. The van der Waals surface area contributed by atoms with Gasteiger partial charge in [-0.05, 0) is 6.42 Å². The first-order chi connectivity index (χ1) is 18.4. The van der Waals surface area contributed by atoms with E-state index >= 15 is 0 Å². The van der Waals surface area contributed by atoms with Crippen molar-refractivity contribution in [3.63, 3.8) is 0 Å². The maximum absolute atomic E-state index is 13.7. The first kappa shape index (κ1) is 38.9. The van der Waals surface area contributed by atoms with Crippen molar-refractivity contribution in [1.82, 2.24) is 5.32 Å². The molecular weight excluding hydrogens is 611 g/mol. The first-order valence-electron chi connectivity index (χ1n) is 12.1. The molecule has 0 aromatic rings. The number of alkyl halides is 15. The summed E-state index contributed by atoms with van der Waals surface area (Å²) in [7, 11) is 0. The molecule has 4 nitrogen and oxygen atoms in total. The molecule has 0 aromatic heterocycles. The summed E-state index contributed by atoms with van der Waals surface area (Å²) in [5, 5.41) is 0.598. The topological polar surface area (TPSA) is 55.4 Å². The minimum absolute atomic E-state index is 0.224. The van der Waals surface area contributed by atoms with Crippen molar-refractivity contribution in [2.75, 3.05) is 13.2 Å². The number of amides is 1. The second kappa shape index (κ2) is 14.4. The summed E-state index contributed by atoms with van der Waals surface area (Å²) in [4.78, 5) is 22.8. The fourth-order valence-corrected chi connectivity index (χ4v) is 3.20. The minimum atomic E-state index is -8.50. The number of nitrogens with one attached hydrogen (secondary N) is 1. The molecule has 41 heavy (non-hydrogen) atoms. The molecule has 0 saturated heterocycles. The van der Waals surface area contributed by atoms with E-state index in [2.05, 4.69) is 11.7 Å². The zero-order valence-corrected chi connectivity index (χ0v) is 21.4. The number of ether oxygens (including phenoxy) is 1. The number of unbranched alkanes of at least 4 members (excludes halogenated alkanes) is 9. The summed E-state index contributed by atoms with van der Waals surface area (Å²) in [6, 6.07) is 0. The highest BCUT2D eigenvalue weighted by atomic mass is 19.4. The molecule has 19 heteroatoms. The number of carbonyl (C=O) groups is 2. The van der Waals surface area contributed by atoms with Gasteiger partial charge in [-0.15, -0.1) is 0 Å². The maximum atomic E-state index is 13.7. The van der Waals surface area contributed by atoms with Crippen molar-refractivity contribution >= 4 is 11.9 Å². The Labute approximate surface area is 224 Å². The molecule has 1 amide bonds. The molecule has 0 unspecified atom stereocenters. The lowest BCUT2D eigenvalue weighted by atomic mass is 9.91. The Balaban J connectivity index is 5.10.